The first kappa shape index (κ1) is 13.1. The molecule has 0 aromatic heterocycles. The average Bonchev–Trinajstić information content (AvgIpc) is 3.07. The molecule has 1 saturated heterocycles. The number of aryl methyl sites for hydroxylation is 3. The predicted molar refractivity (Wildman–Crippen MR) is 71.4 cm³/mol. The second kappa shape index (κ2) is 5.11. The van der Waals surface area contributed by atoms with E-state index < -0.39 is 6.10 Å². The molecular formula is C15H21NO2. The smallest absolute Gasteiger partial charge is 0.222 e. The molecule has 1 heterocycles. The lowest BCUT2D eigenvalue weighted by Crippen LogP contribution is -2.12. The third-order valence-corrected chi connectivity index (χ3v) is 3.50. The zero-order valence-electron chi connectivity index (χ0n) is 11.4. The molecule has 0 radical (unpaired) electrons. The molecule has 1 unspecified atom stereocenters. The molecule has 1 atom stereocenters. The number of aliphatic hydroxyl groups is 1. The van der Waals surface area contributed by atoms with E-state index in [1.807, 2.05) is 18.7 Å². The average molecular weight is 247 g/mol. The fourth-order valence-electron chi connectivity index (χ4n) is 2.58. The highest BCUT2D eigenvalue weighted by atomic mass is 16.3. The Labute approximate surface area is 108 Å². The van der Waals surface area contributed by atoms with Crippen LogP contribution in [0.15, 0.2) is 12.1 Å². The molecule has 1 aromatic carbocycles. The minimum atomic E-state index is -0.533. The van der Waals surface area contributed by atoms with E-state index in [0.29, 0.717) is 12.8 Å². The summed E-state index contributed by atoms with van der Waals surface area (Å²) in [5, 5.41) is 10.3. The molecule has 0 spiro atoms. The van der Waals surface area contributed by atoms with Crippen molar-refractivity contribution in [3.8, 4) is 0 Å². The summed E-state index contributed by atoms with van der Waals surface area (Å²) in [5.41, 5.74) is 4.42. The first-order valence-corrected chi connectivity index (χ1v) is 6.52. The maximum absolute atomic E-state index is 11.6. The molecule has 18 heavy (non-hydrogen) atoms. The molecule has 1 aliphatic rings. The molecule has 2 rings (SSSR count). The zero-order valence-corrected chi connectivity index (χ0v) is 11.4. The number of hydrogen-bond donors (Lipinski definition) is 1. The van der Waals surface area contributed by atoms with Crippen molar-refractivity contribution in [1.82, 2.24) is 4.90 Å². The molecule has 98 valence electrons. The summed E-state index contributed by atoms with van der Waals surface area (Å²) in [4.78, 5) is 13.4. The number of aliphatic hydroxyl groups excluding tert-OH is 1. The molecule has 1 N–H and O–H groups in total. The van der Waals surface area contributed by atoms with Crippen LogP contribution in [0.2, 0.25) is 0 Å². The van der Waals surface area contributed by atoms with E-state index in [-0.39, 0.29) is 5.91 Å². The van der Waals surface area contributed by atoms with E-state index in [2.05, 4.69) is 19.1 Å². The van der Waals surface area contributed by atoms with Crippen molar-refractivity contribution in [3.05, 3.63) is 34.4 Å². The maximum Gasteiger partial charge on any atom is 0.222 e. The first-order valence-electron chi connectivity index (χ1n) is 6.52. The lowest BCUT2D eigenvalue weighted by atomic mass is 9.93. The topological polar surface area (TPSA) is 40.3 Å². The molecule has 3 heteroatoms. The third-order valence-electron chi connectivity index (χ3n) is 3.50. The summed E-state index contributed by atoms with van der Waals surface area (Å²) < 4.78 is 0. The largest absolute Gasteiger partial charge is 0.388 e. The van der Waals surface area contributed by atoms with Crippen LogP contribution in [-0.2, 0) is 4.79 Å². The summed E-state index contributed by atoms with van der Waals surface area (Å²) in [5.74, 6) is 0.163. The monoisotopic (exact) mass is 247 g/mol. The molecular weight excluding hydrogens is 226 g/mol. The van der Waals surface area contributed by atoms with Gasteiger partial charge in [0.25, 0.3) is 0 Å². The van der Waals surface area contributed by atoms with Gasteiger partial charge in [0.15, 0.2) is 0 Å². The van der Waals surface area contributed by atoms with Gasteiger partial charge in [-0.2, -0.15) is 0 Å². The van der Waals surface area contributed by atoms with Crippen molar-refractivity contribution in [2.75, 3.05) is 13.1 Å². The number of hydrogen-bond acceptors (Lipinski definition) is 2. The van der Waals surface area contributed by atoms with Gasteiger partial charge in [0.2, 0.25) is 5.91 Å². The number of carbonyl (C=O) groups is 1. The molecule has 3 nitrogen and oxygen atoms in total. The van der Waals surface area contributed by atoms with E-state index >= 15 is 0 Å². The van der Waals surface area contributed by atoms with Crippen molar-refractivity contribution in [3.63, 3.8) is 0 Å². The number of benzene rings is 1. The van der Waals surface area contributed by atoms with Gasteiger partial charge in [0.05, 0.1) is 6.10 Å². The second-order valence-electron chi connectivity index (χ2n) is 5.25. The third kappa shape index (κ3) is 2.91. The van der Waals surface area contributed by atoms with Gasteiger partial charge in [0.1, 0.15) is 0 Å². The Morgan fingerprint density at radius 3 is 2.33 bits per heavy atom. The highest BCUT2D eigenvalue weighted by Crippen LogP contribution is 2.27. The van der Waals surface area contributed by atoms with E-state index in [1.165, 1.54) is 5.56 Å². The highest BCUT2D eigenvalue weighted by Gasteiger charge is 2.24. The van der Waals surface area contributed by atoms with Gasteiger partial charge < -0.3 is 10.0 Å². The zero-order chi connectivity index (χ0) is 13.3. The second-order valence-corrected chi connectivity index (χ2v) is 5.25. The summed E-state index contributed by atoms with van der Waals surface area (Å²) in [6.45, 7) is 7.87. The van der Waals surface area contributed by atoms with E-state index in [4.69, 9.17) is 0 Å². The van der Waals surface area contributed by atoms with Crippen LogP contribution in [0.3, 0.4) is 0 Å². The number of rotatable bonds is 4. The van der Waals surface area contributed by atoms with Crippen LogP contribution in [0, 0.1) is 20.8 Å². The molecule has 1 aliphatic heterocycles. The van der Waals surface area contributed by atoms with Crippen LogP contribution in [0.5, 0.6) is 0 Å². The Kier molecular flexibility index (Phi) is 3.71. The Morgan fingerprint density at radius 2 is 1.83 bits per heavy atom. The van der Waals surface area contributed by atoms with Crippen molar-refractivity contribution >= 4 is 5.91 Å². The normalized spacial score (nSPS) is 15.7. The lowest BCUT2D eigenvalue weighted by Gasteiger charge is -2.17. The fourth-order valence-corrected chi connectivity index (χ4v) is 2.58. The van der Waals surface area contributed by atoms with Gasteiger partial charge in [0, 0.05) is 19.5 Å². The van der Waals surface area contributed by atoms with Crippen molar-refractivity contribution in [2.45, 2.75) is 39.7 Å². The fraction of sp³-hybridized carbons (Fsp3) is 0.533. The first-order chi connectivity index (χ1) is 8.49. The maximum atomic E-state index is 11.6. The SMILES string of the molecule is Cc1cc(C)c(C(O)CCC(=O)N2CC2)c(C)c1. The van der Waals surface area contributed by atoms with Gasteiger partial charge in [-0.1, -0.05) is 17.7 Å². The molecule has 1 amide bonds. The minimum absolute atomic E-state index is 0.163. The molecule has 0 saturated carbocycles. The van der Waals surface area contributed by atoms with Crippen LogP contribution in [-0.4, -0.2) is 29.0 Å². The van der Waals surface area contributed by atoms with Gasteiger partial charge in [-0.25, -0.2) is 0 Å². The quantitative estimate of drug-likeness (QED) is 0.829. The van der Waals surface area contributed by atoms with Gasteiger partial charge >= 0.3 is 0 Å². The lowest BCUT2D eigenvalue weighted by molar-refractivity contribution is -0.126. The van der Waals surface area contributed by atoms with E-state index in [1.54, 1.807) is 0 Å². The van der Waals surface area contributed by atoms with Crippen LogP contribution < -0.4 is 0 Å². The summed E-state index contributed by atoms with van der Waals surface area (Å²) >= 11 is 0. The van der Waals surface area contributed by atoms with E-state index in [9.17, 15) is 9.90 Å². The van der Waals surface area contributed by atoms with Crippen molar-refractivity contribution in [1.29, 1.82) is 0 Å². The van der Waals surface area contributed by atoms with Crippen LogP contribution in [0.4, 0.5) is 0 Å². The van der Waals surface area contributed by atoms with Crippen LogP contribution in [0.25, 0.3) is 0 Å². The molecule has 0 aliphatic carbocycles. The van der Waals surface area contributed by atoms with Gasteiger partial charge in [-0.3, -0.25) is 4.79 Å². The minimum Gasteiger partial charge on any atom is -0.388 e. The Hall–Kier alpha value is -1.35. The van der Waals surface area contributed by atoms with E-state index in [0.717, 1.165) is 29.8 Å². The number of nitrogens with zero attached hydrogens (tertiary/aromatic N) is 1. The Bertz CT molecular complexity index is 441. The van der Waals surface area contributed by atoms with Crippen LogP contribution >= 0.6 is 0 Å². The van der Waals surface area contributed by atoms with Crippen molar-refractivity contribution in [2.24, 2.45) is 0 Å². The highest BCUT2D eigenvalue weighted by molar-refractivity contribution is 5.78. The number of carbonyl (C=O) groups excluding carboxylic acids is 1. The van der Waals surface area contributed by atoms with Crippen LogP contribution in [0.1, 0.15) is 41.2 Å². The number of amides is 1. The standard InChI is InChI=1S/C15H21NO2/c1-10-8-11(2)15(12(3)9-10)13(17)4-5-14(18)16-6-7-16/h8-9,13,17H,4-7H2,1-3H3. The molecule has 1 aromatic rings. The summed E-state index contributed by atoms with van der Waals surface area (Å²) in [7, 11) is 0. The molecule has 0 bridgehead atoms. The Balaban J connectivity index is 2.03. The summed E-state index contributed by atoms with van der Waals surface area (Å²) in [6.07, 6.45) is 0.420. The van der Waals surface area contributed by atoms with Gasteiger partial charge in [-0.15, -0.1) is 0 Å². The summed E-state index contributed by atoms with van der Waals surface area (Å²) in [6, 6.07) is 4.16. The van der Waals surface area contributed by atoms with Gasteiger partial charge in [-0.05, 0) is 43.9 Å². The van der Waals surface area contributed by atoms with Crippen molar-refractivity contribution < 1.29 is 9.90 Å². The predicted octanol–water partition coefficient (Wildman–Crippen LogP) is 2.27. The molecule has 1 fully saturated rings. The Morgan fingerprint density at radius 1 is 1.28 bits per heavy atom.